The Bertz CT molecular complexity index is 991. The molecule has 1 N–H and O–H groups in total. The van der Waals surface area contributed by atoms with E-state index >= 15 is 0 Å². The Morgan fingerprint density at radius 2 is 1.97 bits per heavy atom. The minimum Gasteiger partial charge on any atom is -0.322 e. The van der Waals surface area contributed by atoms with E-state index in [2.05, 4.69) is 31.2 Å². The summed E-state index contributed by atoms with van der Waals surface area (Å²) in [5.74, 6) is -0.575. The van der Waals surface area contributed by atoms with Crippen LogP contribution in [0.3, 0.4) is 0 Å². The van der Waals surface area contributed by atoms with Crippen LogP contribution in [0.4, 0.5) is 19.0 Å². The van der Waals surface area contributed by atoms with Gasteiger partial charge in [-0.05, 0) is 46.0 Å². The molecular weight excluding hydrogens is 477 g/mol. The van der Waals surface area contributed by atoms with Gasteiger partial charge in [-0.1, -0.05) is 31.7 Å². The molecule has 2 heterocycles. The Labute approximate surface area is 185 Å². The van der Waals surface area contributed by atoms with Gasteiger partial charge < -0.3 is 10.2 Å². The van der Waals surface area contributed by atoms with E-state index < -0.39 is 29.6 Å². The average Bonchev–Trinajstić information content (AvgIpc) is 3.35. The van der Waals surface area contributed by atoms with Gasteiger partial charge in [0.25, 0.3) is 5.91 Å². The maximum atomic E-state index is 13.5. The van der Waals surface area contributed by atoms with Crippen molar-refractivity contribution < 1.29 is 22.8 Å². The summed E-state index contributed by atoms with van der Waals surface area (Å²) >= 11 is 3.17. The average molecular weight is 497 g/mol. The van der Waals surface area contributed by atoms with Crippen molar-refractivity contribution in [1.29, 1.82) is 0 Å². The molecule has 1 aliphatic carbocycles. The number of rotatable bonds is 5. The lowest BCUT2D eigenvalue weighted by Gasteiger charge is -2.29. The molecule has 0 spiro atoms. The maximum Gasteiger partial charge on any atom is 0.416 e. The molecule has 1 saturated carbocycles. The van der Waals surface area contributed by atoms with E-state index in [4.69, 9.17) is 0 Å². The Morgan fingerprint density at radius 1 is 1.23 bits per heavy atom. The summed E-state index contributed by atoms with van der Waals surface area (Å²) < 4.78 is 40.9. The highest BCUT2D eigenvalue weighted by molar-refractivity contribution is 9.10. The van der Waals surface area contributed by atoms with Crippen LogP contribution in [-0.4, -0.2) is 32.7 Å². The van der Waals surface area contributed by atoms with E-state index in [1.807, 2.05) is 0 Å². The lowest BCUT2D eigenvalue weighted by Crippen LogP contribution is -2.45. The molecule has 6 nitrogen and oxygen atoms in total. The number of carbonyl (C=O) groups is 2. The van der Waals surface area contributed by atoms with Crippen molar-refractivity contribution in [2.75, 3.05) is 5.32 Å². The first-order valence-corrected chi connectivity index (χ1v) is 10.8. The third kappa shape index (κ3) is 4.58. The van der Waals surface area contributed by atoms with E-state index in [-0.39, 0.29) is 29.4 Å². The molecule has 0 bridgehead atoms. The molecule has 1 atom stereocenters. The fraction of sp³-hybridized carbons (Fsp3) is 0.429. The number of aromatic nitrogens is 2. The number of benzene rings is 1. The molecule has 0 radical (unpaired) electrons. The Balaban J connectivity index is 1.62. The summed E-state index contributed by atoms with van der Waals surface area (Å²) in [5, 5.41) is 2.66. The van der Waals surface area contributed by atoms with Crippen LogP contribution in [0.2, 0.25) is 0 Å². The highest BCUT2D eigenvalue weighted by atomic mass is 79.9. The van der Waals surface area contributed by atoms with Gasteiger partial charge in [-0.3, -0.25) is 9.59 Å². The number of nitrogens with zero attached hydrogens (tertiary/aromatic N) is 3. The second-order valence-corrected chi connectivity index (χ2v) is 8.69. The van der Waals surface area contributed by atoms with Crippen LogP contribution >= 0.6 is 15.9 Å². The number of fused-ring (bicyclic) bond motifs is 1. The monoisotopic (exact) mass is 496 g/mol. The predicted molar refractivity (Wildman–Crippen MR) is 110 cm³/mol. The number of hydrogen-bond acceptors (Lipinski definition) is 4. The lowest BCUT2D eigenvalue weighted by molar-refractivity contribution is -0.138. The van der Waals surface area contributed by atoms with Gasteiger partial charge in [0, 0.05) is 12.1 Å². The van der Waals surface area contributed by atoms with Gasteiger partial charge in [-0.2, -0.15) is 13.2 Å². The minimum absolute atomic E-state index is 0.00230. The van der Waals surface area contributed by atoms with Gasteiger partial charge >= 0.3 is 6.18 Å². The Hall–Kier alpha value is -2.49. The minimum atomic E-state index is -4.57. The molecule has 0 saturated heterocycles. The molecule has 4 rings (SSSR count). The molecule has 1 aromatic heterocycles. The molecule has 1 fully saturated rings. The number of nitrogens with one attached hydrogen (secondary N) is 1. The van der Waals surface area contributed by atoms with Crippen molar-refractivity contribution >= 4 is 33.6 Å². The summed E-state index contributed by atoms with van der Waals surface area (Å²) in [4.78, 5) is 35.5. The highest BCUT2D eigenvalue weighted by Crippen LogP contribution is 2.39. The topological polar surface area (TPSA) is 75.2 Å². The quantitative estimate of drug-likeness (QED) is 0.644. The summed E-state index contributed by atoms with van der Waals surface area (Å²) in [6.07, 6.45) is 2.59. The Morgan fingerprint density at radius 3 is 2.61 bits per heavy atom. The number of carbonyl (C=O) groups excluding carboxylic acids is 2. The van der Waals surface area contributed by atoms with Crippen molar-refractivity contribution in [3.8, 4) is 0 Å². The molecule has 1 aromatic carbocycles. The number of halogens is 4. The molecule has 1 aliphatic heterocycles. The normalized spacial score (nSPS) is 17.7. The first kappa shape index (κ1) is 21.7. The molecule has 31 heavy (non-hydrogen) atoms. The molecule has 1 unspecified atom stereocenters. The zero-order chi connectivity index (χ0) is 22.2. The smallest absolute Gasteiger partial charge is 0.322 e. The molecule has 2 aromatic rings. The van der Waals surface area contributed by atoms with Gasteiger partial charge in [0.05, 0.1) is 18.0 Å². The molecule has 2 aliphatic rings. The van der Waals surface area contributed by atoms with E-state index in [9.17, 15) is 22.8 Å². The van der Waals surface area contributed by atoms with Crippen molar-refractivity contribution in [3.63, 3.8) is 0 Å². The number of hydrogen-bond donors (Lipinski definition) is 1. The Kier molecular flexibility index (Phi) is 6.00. The summed E-state index contributed by atoms with van der Waals surface area (Å²) in [7, 11) is 0. The van der Waals surface area contributed by atoms with Crippen molar-refractivity contribution in [2.45, 2.75) is 50.9 Å². The van der Waals surface area contributed by atoms with Gasteiger partial charge in [0.1, 0.15) is 10.6 Å². The second kappa shape index (κ2) is 8.57. The number of alkyl halides is 3. The first-order valence-electron chi connectivity index (χ1n) is 10.0. The summed E-state index contributed by atoms with van der Waals surface area (Å²) in [5.41, 5.74) is -0.908. The predicted octanol–water partition coefficient (Wildman–Crippen LogP) is 4.80. The third-order valence-electron chi connectivity index (χ3n) is 5.88. The zero-order valence-electron chi connectivity index (χ0n) is 16.5. The number of anilines is 1. The van der Waals surface area contributed by atoms with Crippen LogP contribution in [0, 0.1) is 5.92 Å². The maximum absolute atomic E-state index is 13.5. The first-order chi connectivity index (χ1) is 14.7. The van der Waals surface area contributed by atoms with E-state index in [1.165, 1.54) is 29.4 Å². The largest absolute Gasteiger partial charge is 0.416 e. The van der Waals surface area contributed by atoms with Crippen LogP contribution in [0.5, 0.6) is 0 Å². The van der Waals surface area contributed by atoms with Crippen molar-refractivity contribution in [2.24, 2.45) is 5.92 Å². The van der Waals surface area contributed by atoms with Crippen LogP contribution in [0.25, 0.3) is 0 Å². The SMILES string of the molecule is O=C(Nc1cnc(Br)cn1)C(CC1CCCC1)N1Cc2c(cccc2C(F)(F)F)C1=O. The van der Waals surface area contributed by atoms with Crippen LogP contribution in [0.1, 0.15) is 53.6 Å². The summed E-state index contributed by atoms with van der Waals surface area (Å²) in [6.45, 7) is -0.249. The molecule has 2 amide bonds. The highest BCUT2D eigenvalue weighted by Gasteiger charge is 2.43. The van der Waals surface area contributed by atoms with Crippen molar-refractivity contribution in [3.05, 3.63) is 51.9 Å². The standard InChI is InChI=1S/C21H20BrF3N4O2/c22-17-9-27-18(10-26-17)28-19(30)16(8-12-4-1-2-5-12)29-11-14-13(20(29)31)6-3-7-15(14)21(23,24)25/h3,6-7,9-10,12,16H,1-2,4-5,8,11H2,(H,27,28,30). The van der Waals surface area contributed by atoms with Gasteiger partial charge in [0.2, 0.25) is 5.91 Å². The van der Waals surface area contributed by atoms with Gasteiger partial charge in [0.15, 0.2) is 5.82 Å². The summed E-state index contributed by atoms with van der Waals surface area (Å²) in [6, 6.07) is 2.69. The lowest BCUT2D eigenvalue weighted by atomic mass is 9.96. The second-order valence-electron chi connectivity index (χ2n) is 7.88. The van der Waals surface area contributed by atoms with E-state index in [1.54, 1.807) is 0 Å². The molecule has 164 valence electrons. The van der Waals surface area contributed by atoms with Gasteiger partial charge in [-0.15, -0.1) is 0 Å². The van der Waals surface area contributed by atoms with E-state index in [0.717, 1.165) is 31.7 Å². The fourth-order valence-corrected chi connectivity index (χ4v) is 4.60. The van der Waals surface area contributed by atoms with Crippen LogP contribution in [0.15, 0.2) is 35.2 Å². The zero-order valence-corrected chi connectivity index (χ0v) is 18.0. The van der Waals surface area contributed by atoms with Gasteiger partial charge in [-0.25, -0.2) is 9.97 Å². The molecule has 10 heteroatoms. The van der Waals surface area contributed by atoms with Crippen LogP contribution < -0.4 is 5.32 Å². The third-order valence-corrected chi connectivity index (χ3v) is 6.29. The van der Waals surface area contributed by atoms with Crippen LogP contribution in [-0.2, 0) is 17.5 Å². The van der Waals surface area contributed by atoms with Crippen molar-refractivity contribution in [1.82, 2.24) is 14.9 Å². The molecular formula is C21H20BrF3N4O2. The fourth-order valence-electron chi connectivity index (χ4n) is 4.40. The number of amides is 2. The van der Waals surface area contributed by atoms with E-state index in [0.29, 0.717) is 11.0 Å².